The highest BCUT2D eigenvalue weighted by atomic mass is 16.7. The van der Waals surface area contributed by atoms with Gasteiger partial charge in [-0.05, 0) is 20.8 Å². The fraction of sp³-hybridized carbons (Fsp3) is 0.889. The van der Waals surface area contributed by atoms with E-state index in [2.05, 4.69) is 5.32 Å². The molecular weight excluding hydrogens is 170 g/mol. The van der Waals surface area contributed by atoms with Crippen LogP contribution in [0.15, 0.2) is 0 Å². The first-order valence-electron chi connectivity index (χ1n) is 4.51. The maximum atomic E-state index is 11.3. The Morgan fingerprint density at radius 2 is 1.92 bits per heavy atom. The summed E-state index contributed by atoms with van der Waals surface area (Å²) in [5, 5.41) is 2.85. The zero-order valence-corrected chi connectivity index (χ0v) is 8.42. The molecule has 1 saturated heterocycles. The Labute approximate surface area is 78.6 Å². The van der Waals surface area contributed by atoms with Gasteiger partial charge >= 0.3 is 0 Å². The quantitative estimate of drug-likeness (QED) is 0.691. The van der Waals surface area contributed by atoms with Gasteiger partial charge < -0.3 is 14.8 Å². The number of carbonyl (C=O) groups excluding carboxylic acids is 1. The molecule has 0 aliphatic carbocycles. The van der Waals surface area contributed by atoms with Gasteiger partial charge in [0.2, 0.25) is 5.91 Å². The van der Waals surface area contributed by atoms with E-state index in [-0.39, 0.29) is 24.2 Å². The number of ether oxygens (including phenoxy) is 2. The first kappa shape index (κ1) is 10.5. The van der Waals surface area contributed by atoms with Gasteiger partial charge in [0.25, 0.3) is 0 Å². The molecule has 1 amide bonds. The lowest BCUT2D eigenvalue weighted by Crippen LogP contribution is -2.41. The third-order valence-corrected chi connectivity index (χ3v) is 1.56. The van der Waals surface area contributed by atoms with E-state index >= 15 is 0 Å². The molecule has 76 valence electrons. The number of amides is 1. The van der Waals surface area contributed by atoms with Gasteiger partial charge in [-0.15, -0.1) is 0 Å². The maximum Gasteiger partial charge on any atom is 0.225 e. The van der Waals surface area contributed by atoms with Crippen molar-refractivity contribution in [3.8, 4) is 0 Å². The van der Waals surface area contributed by atoms with E-state index in [1.165, 1.54) is 0 Å². The van der Waals surface area contributed by atoms with Gasteiger partial charge in [-0.1, -0.05) is 0 Å². The zero-order chi connectivity index (χ0) is 9.90. The van der Waals surface area contributed by atoms with E-state index in [0.29, 0.717) is 13.2 Å². The summed E-state index contributed by atoms with van der Waals surface area (Å²) in [6.07, 6.45) is -0.0561. The maximum absolute atomic E-state index is 11.3. The average molecular weight is 187 g/mol. The summed E-state index contributed by atoms with van der Waals surface area (Å²) in [4.78, 5) is 11.3. The lowest BCUT2D eigenvalue weighted by Gasteiger charge is -2.21. The minimum absolute atomic E-state index is 0.0283. The lowest BCUT2D eigenvalue weighted by molar-refractivity contribution is -0.130. The van der Waals surface area contributed by atoms with Crippen LogP contribution >= 0.6 is 0 Å². The van der Waals surface area contributed by atoms with Gasteiger partial charge in [0.1, 0.15) is 0 Å². The van der Waals surface area contributed by atoms with Crippen LogP contribution in [-0.2, 0) is 14.3 Å². The van der Waals surface area contributed by atoms with E-state index in [9.17, 15) is 4.79 Å². The molecule has 1 heterocycles. The van der Waals surface area contributed by atoms with E-state index in [4.69, 9.17) is 9.47 Å². The number of rotatable bonds is 2. The van der Waals surface area contributed by atoms with Crippen molar-refractivity contribution in [1.29, 1.82) is 0 Å². The van der Waals surface area contributed by atoms with Crippen LogP contribution in [0.1, 0.15) is 27.2 Å². The monoisotopic (exact) mass is 187 g/mol. The fourth-order valence-corrected chi connectivity index (χ4v) is 1.15. The second-order valence-corrected chi connectivity index (χ2v) is 4.17. The second-order valence-electron chi connectivity index (χ2n) is 4.17. The summed E-state index contributed by atoms with van der Waals surface area (Å²) >= 11 is 0. The van der Waals surface area contributed by atoms with E-state index < -0.39 is 0 Å². The van der Waals surface area contributed by atoms with Crippen molar-refractivity contribution in [3.05, 3.63) is 0 Å². The molecule has 1 fully saturated rings. The SMILES string of the molecule is CC(C)(C)NC(=O)CC1OCCO1. The molecule has 1 N–H and O–H groups in total. The minimum atomic E-state index is -0.345. The largest absolute Gasteiger partial charge is 0.351 e. The van der Waals surface area contributed by atoms with Crippen molar-refractivity contribution in [1.82, 2.24) is 5.32 Å². The van der Waals surface area contributed by atoms with Crippen molar-refractivity contribution in [2.45, 2.75) is 39.0 Å². The Morgan fingerprint density at radius 3 is 2.38 bits per heavy atom. The Hall–Kier alpha value is -0.610. The molecule has 4 heteroatoms. The summed E-state index contributed by atoms with van der Waals surface area (Å²) in [6.45, 7) is 7.02. The van der Waals surface area contributed by atoms with Crippen molar-refractivity contribution >= 4 is 5.91 Å². The van der Waals surface area contributed by atoms with E-state index in [1.54, 1.807) is 0 Å². The van der Waals surface area contributed by atoms with Crippen molar-refractivity contribution < 1.29 is 14.3 Å². The Kier molecular flexibility index (Phi) is 3.27. The fourth-order valence-electron chi connectivity index (χ4n) is 1.15. The highest BCUT2D eigenvalue weighted by Crippen LogP contribution is 2.08. The summed E-state index contributed by atoms with van der Waals surface area (Å²) in [5.74, 6) is -0.0283. The summed E-state index contributed by atoms with van der Waals surface area (Å²) in [5.41, 5.74) is -0.185. The summed E-state index contributed by atoms with van der Waals surface area (Å²) in [7, 11) is 0. The molecule has 0 atom stereocenters. The first-order chi connectivity index (χ1) is 5.97. The average Bonchev–Trinajstić information content (AvgIpc) is 2.34. The number of hydrogen-bond donors (Lipinski definition) is 1. The molecule has 0 spiro atoms. The van der Waals surface area contributed by atoms with Crippen LogP contribution in [0.4, 0.5) is 0 Å². The van der Waals surface area contributed by atoms with Crippen LogP contribution in [0.5, 0.6) is 0 Å². The number of hydrogen-bond acceptors (Lipinski definition) is 3. The Balaban J connectivity index is 2.24. The van der Waals surface area contributed by atoms with Crippen LogP contribution in [0.2, 0.25) is 0 Å². The minimum Gasteiger partial charge on any atom is -0.351 e. The Bertz CT molecular complexity index is 180. The molecule has 0 aromatic carbocycles. The van der Waals surface area contributed by atoms with Crippen LogP contribution < -0.4 is 5.32 Å². The van der Waals surface area contributed by atoms with Crippen molar-refractivity contribution in [2.24, 2.45) is 0 Å². The highest BCUT2D eigenvalue weighted by molar-refractivity contribution is 5.76. The van der Waals surface area contributed by atoms with Gasteiger partial charge in [-0.2, -0.15) is 0 Å². The molecule has 1 rings (SSSR count). The normalized spacial score (nSPS) is 19.0. The molecule has 0 bridgehead atoms. The first-order valence-corrected chi connectivity index (χ1v) is 4.51. The van der Waals surface area contributed by atoms with Crippen LogP contribution in [0.25, 0.3) is 0 Å². The van der Waals surface area contributed by atoms with Gasteiger partial charge in [0.05, 0.1) is 19.6 Å². The Morgan fingerprint density at radius 1 is 1.38 bits per heavy atom. The third-order valence-electron chi connectivity index (χ3n) is 1.56. The molecule has 0 unspecified atom stereocenters. The van der Waals surface area contributed by atoms with Crippen LogP contribution in [0, 0.1) is 0 Å². The van der Waals surface area contributed by atoms with Crippen molar-refractivity contribution in [2.75, 3.05) is 13.2 Å². The third kappa shape index (κ3) is 4.24. The van der Waals surface area contributed by atoms with Gasteiger partial charge in [-0.3, -0.25) is 4.79 Å². The van der Waals surface area contributed by atoms with Crippen LogP contribution in [-0.4, -0.2) is 30.9 Å². The highest BCUT2D eigenvalue weighted by Gasteiger charge is 2.22. The molecular formula is C9H17NO3. The smallest absolute Gasteiger partial charge is 0.225 e. The van der Waals surface area contributed by atoms with Gasteiger partial charge in [0, 0.05) is 5.54 Å². The predicted molar refractivity (Wildman–Crippen MR) is 48.2 cm³/mol. The summed E-state index contributed by atoms with van der Waals surface area (Å²) < 4.78 is 10.3. The zero-order valence-electron chi connectivity index (χ0n) is 8.42. The van der Waals surface area contributed by atoms with Crippen molar-refractivity contribution in [3.63, 3.8) is 0 Å². The van der Waals surface area contributed by atoms with E-state index in [1.807, 2.05) is 20.8 Å². The topological polar surface area (TPSA) is 47.6 Å². The van der Waals surface area contributed by atoms with E-state index in [0.717, 1.165) is 0 Å². The van der Waals surface area contributed by atoms with Gasteiger partial charge in [0.15, 0.2) is 6.29 Å². The second kappa shape index (κ2) is 4.07. The molecule has 4 nitrogen and oxygen atoms in total. The predicted octanol–water partition coefficient (Wildman–Crippen LogP) is 0.664. The molecule has 0 aromatic heterocycles. The standard InChI is InChI=1S/C9H17NO3/c1-9(2,3)10-7(11)6-8-12-4-5-13-8/h8H,4-6H2,1-3H3,(H,10,11). The molecule has 0 aromatic rings. The summed E-state index contributed by atoms with van der Waals surface area (Å²) in [6, 6.07) is 0. The molecule has 0 saturated carbocycles. The molecule has 1 aliphatic heterocycles. The number of carbonyl (C=O) groups is 1. The molecule has 0 radical (unpaired) electrons. The van der Waals surface area contributed by atoms with Crippen LogP contribution in [0.3, 0.4) is 0 Å². The number of nitrogens with one attached hydrogen (secondary N) is 1. The molecule has 13 heavy (non-hydrogen) atoms. The molecule has 1 aliphatic rings. The van der Waals surface area contributed by atoms with Gasteiger partial charge in [-0.25, -0.2) is 0 Å². The lowest BCUT2D eigenvalue weighted by atomic mass is 10.1.